The summed E-state index contributed by atoms with van der Waals surface area (Å²) in [5.74, 6) is -0.837. The van der Waals surface area contributed by atoms with Crippen LogP contribution < -0.4 is 5.73 Å². The first kappa shape index (κ1) is 77.2. The molecule has 462 valence electrons. The summed E-state index contributed by atoms with van der Waals surface area (Å²) in [5.41, 5.74) is 5.39. The average Bonchev–Trinajstić information content (AvgIpc) is 3.46. The van der Waals surface area contributed by atoms with E-state index in [1.165, 1.54) is 116 Å². The molecule has 0 amide bonds. The van der Waals surface area contributed by atoms with Crippen molar-refractivity contribution in [3.8, 4) is 0 Å². The van der Waals surface area contributed by atoms with E-state index in [0.29, 0.717) is 6.42 Å². The van der Waals surface area contributed by atoms with Crippen molar-refractivity contribution in [3.05, 3.63) is 134 Å². The molecule has 0 aliphatic carbocycles. The van der Waals surface area contributed by atoms with Crippen molar-refractivity contribution in [2.75, 3.05) is 26.4 Å². The van der Waals surface area contributed by atoms with E-state index in [1.54, 1.807) is 0 Å². The second-order valence-electron chi connectivity index (χ2n) is 21.2. The second-order valence-corrected chi connectivity index (χ2v) is 22.7. The predicted octanol–water partition coefficient (Wildman–Crippen LogP) is 21.3. The maximum absolute atomic E-state index is 12.7. The first-order valence-corrected chi connectivity index (χ1v) is 34.2. The van der Waals surface area contributed by atoms with E-state index in [-0.39, 0.29) is 38.6 Å². The third-order valence-corrected chi connectivity index (χ3v) is 14.5. The van der Waals surface area contributed by atoms with Gasteiger partial charge in [-0.25, -0.2) is 4.57 Å². The molecular weight excluding hydrogens is 1030 g/mol. The molecule has 10 heteroatoms. The highest BCUT2D eigenvalue weighted by atomic mass is 31.2. The Bertz CT molecular complexity index is 1790. The Morgan fingerprint density at radius 1 is 0.370 bits per heavy atom. The topological polar surface area (TPSA) is 134 Å². The van der Waals surface area contributed by atoms with Gasteiger partial charge in [0.25, 0.3) is 0 Å². The zero-order chi connectivity index (χ0) is 58.7. The lowest BCUT2D eigenvalue weighted by molar-refractivity contribution is -0.161. The molecule has 0 rings (SSSR count). The van der Waals surface area contributed by atoms with Gasteiger partial charge in [-0.2, -0.15) is 0 Å². The molecule has 2 atom stereocenters. The van der Waals surface area contributed by atoms with Gasteiger partial charge in [0, 0.05) is 19.4 Å². The van der Waals surface area contributed by atoms with Crippen LogP contribution in [0.25, 0.3) is 0 Å². The second kappa shape index (κ2) is 65.3. The van der Waals surface area contributed by atoms with Crippen LogP contribution in [0.1, 0.15) is 271 Å². The summed E-state index contributed by atoms with van der Waals surface area (Å²) in [6.45, 7) is 3.52. The summed E-state index contributed by atoms with van der Waals surface area (Å²) in [4.78, 5) is 35.3. The number of esters is 2. The smallest absolute Gasteiger partial charge is 0.462 e. The first-order valence-electron chi connectivity index (χ1n) is 32.7. The largest absolute Gasteiger partial charge is 0.472 e. The van der Waals surface area contributed by atoms with Crippen LogP contribution in [0.5, 0.6) is 0 Å². The lowest BCUT2D eigenvalue weighted by atomic mass is 10.0. The molecule has 0 aromatic heterocycles. The molecule has 0 spiro atoms. The van der Waals surface area contributed by atoms with E-state index in [9.17, 15) is 19.0 Å². The van der Waals surface area contributed by atoms with Crippen LogP contribution in [0.15, 0.2) is 134 Å². The van der Waals surface area contributed by atoms with Crippen LogP contribution in [-0.2, 0) is 32.7 Å². The van der Waals surface area contributed by atoms with Crippen molar-refractivity contribution < 1.29 is 37.6 Å². The van der Waals surface area contributed by atoms with Crippen LogP contribution >= 0.6 is 7.82 Å². The van der Waals surface area contributed by atoms with Crippen molar-refractivity contribution >= 4 is 19.8 Å². The zero-order valence-corrected chi connectivity index (χ0v) is 52.6. The third-order valence-electron chi connectivity index (χ3n) is 13.5. The third kappa shape index (κ3) is 65.2. The average molecular weight is 1150 g/mol. The van der Waals surface area contributed by atoms with Crippen molar-refractivity contribution in [2.45, 2.75) is 277 Å². The molecule has 9 nitrogen and oxygen atoms in total. The van der Waals surface area contributed by atoms with Gasteiger partial charge in [-0.1, -0.05) is 282 Å². The molecule has 0 aliphatic rings. The summed E-state index contributed by atoms with van der Waals surface area (Å²) < 4.78 is 33.1. The summed E-state index contributed by atoms with van der Waals surface area (Å²) in [6.07, 6.45) is 92.4. The number of carbonyl (C=O) groups excluding carboxylic acids is 2. The zero-order valence-electron chi connectivity index (χ0n) is 51.7. The standard InChI is InChI=1S/C71H120NO8P/c1-3-5-7-9-11-13-15-17-19-21-23-25-26-27-28-29-30-31-32-33-34-35-36-37-38-39-40-41-42-44-46-48-50-52-54-56-58-60-62-64-71(74)80-69(68-79-81(75,76)78-66-65-72)67-77-70(73)63-61-59-57-55-53-51-49-47-45-43-24-22-20-18-16-14-12-10-8-6-4-2/h5-8,11-14,17-20,23-25,27-28,30-31,33-34,43,69H,3-4,9-10,15-16,21-22,26,29,32,35-42,44-68,72H2,1-2H3,(H,75,76)/b7-5-,8-6-,13-11-,14-12-,19-17-,20-18-,25-23-,28-27-,31-30-,34-33-,43-24-. The number of carbonyl (C=O) groups is 2. The number of ether oxygens (including phenoxy) is 2. The maximum Gasteiger partial charge on any atom is 0.472 e. The molecule has 0 heterocycles. The molecule has 0 aliphatic heterocycles. The SMILES string of the molecule is CC/C=C\C/C=C\C/C=C\C/C=C\C/C=C\C/C=C\C/C=C\CCCCCCCCCCCCCCCCCCCC(=O)OC(COC(=O)CCCCCCCCCC/C=C\C/C=C\C/C=C\C/C=C\CC)COP(=O)(O)OCCN. The fourth-order valence-electron chi connectivity index (χ4n) is 8.79. The normalized spacial score (nSPS) is 13.9. The lowest BCUT2D eigenvalue weighted by Crippen LogP contribution is -2.29. The Morgan fingerprint density at radius 3 is 0.951 bits per heavy atom. The molecular formula is C71H120NO8P. The van der Waals surface area contributed by atoms with Crippen molar-refractivity contribution in [1.82, 2.24) is 0 Å². The minimum absolute atomic E-state index is 0.0475. The van der Waals surface area contributed by atoms with E-state index in [0.717, 1.165) is 122 Å². The minimum atomic E-state index is -4.40. The molecule has 0 bridgehead atoms. The monoisotopic (exact) mass is 1150 g/mol. The van der Waals surface area contributed by atoms with Gasteiger partial charge in [0.2, 0.25) is 0 Å². The molecule has 2 unspecified atom stereocenters. The van der Waals surface area contributed by atoms with E-state index in [2.05, 4.69) is 148 Å². The summed E-state index contributed by atoms with van der Waals surface area (Å²) >= 11 is 0. The van der Waals surface area contributed by atoms with Crippen molar-refractivity contribution in [1.29, 1.82) is 0 Å². The van der Waals surface area contributed by atoms with Crippen molar-refractivity contribution in [2.24, 2.45) is 5.73 Å². The number of allylic oxidation sites excluding steroid dienone is 22. The minimum Gasteiger partial charge on any atom is -0.462 e. The van der Waals surface area contributed by atoms with Crippen LogP contribution in [0, 0.1) is 0 Å². The molecule has 0 fully saturated rings. The van der Waals surface area contributed by atoms with E-state index >= 15 is 0 Å². The van der Waals surface area contributed by atoms with Gasteiger partial charge >= 0.3 is 19.8 Å². The Morgan fingerprint density at radius 2 is 0.642 bits per heavy atom. The Kier molecular flexibility index (Phi) is 62.2. The van der Waals surface area contributed by atoms with Crippen LogP contribution in [0.2, 0.25) is 0 Å². The Balaban J connectivity index is 3.89. The van der Waals surface area contributed by atoms with E-state index in [4.69, 9.17) is 24.3 Å². The van der Waals surface area contributed by atoms with Gasteiger partial charge in [-0.05, 0) is 109 Å². The molecule has 0 aromatic carbocycles. The number of rotatable bonds is 60. The number of unbranched alkanes of at least 4 members (excludes halogenated alkanes) is 25. The van der Waals surface area contributed by atoms with Crippen LogP contribution in [0.3, 0.4) is 0 Å². The number of phosphoric ester groups is 1. The van der Waals surface area contributed by atoms with Gasteiger partial charge in [0.05, 0.1) is 13.2 Å². The molecule has 81 heavy (non-hydrogen) atoms. The highest BCUT2D eigenvalue weighted by molar-refractivity contribution is 7.47. The van der Waals surface area contributed by atoms with E-state index in [1.807, 2.05) is 0 Å². The van der Waals surface area contributed by atoms with Gasteiger partial charge in [0.1, 0.15) is 6.61 Å². The van der Waals surface area contributed by atoms with Gasteiger partial charge in [-0.15, -0.1) is 0 Å². The lowest BCUT2D eigenvalue weighted by Gasteiger charge is -2.19. The highest BCUT2D eigenvalue weighted by Gasteiger charge is 2.26. The quantitative estimate of drug-likeness (QED) is 0.0264. The summed E-state index contributed by atoms with van der Waals surface area (Å²) in [6, 6.07) is 0. The Hall–Kier alpha value is -3.85. The molecule has 0 saturated carbocycles. The number of nitrogens with two attached hydrogens (primary N) is 1. The van der Waals surface area contributed by atoms with Gasteiger partial charge in [0.15, 0.2) is 6.10 Å². The summed E-state index contributed by atoms with van der Waals surface area (Å²) in [5, 5.41) is 0. The number of phosphoric acid groups is 1. The van der Waals surface area contributed by atoms with Crippen LogP contribution in [0.4, 0.5) is 0 Å². The van der Waals surface area contributed by atoms with Gasteiger partial charge in [-0.3, -0.25) is 18.6 Å². The Labute approximate surface area is 497 Å². The number of hydrogen-bond donors (Lipinski definition) is 2. The van der Waals surface area contributed by atoms with Gasteiger partial charge < -0.3 is 20.1 Å². The predicted molar refractivity (Wildman–Crippen MR) is 348 cm³/mol. The first-order chi connectivity index (χ1) is 39.8. The van der Waals surface area contributed by atoms with Crippen LogP contribution in [-0.4, -0.2) is 49.3 Å². The fraction of sp³-hybridized carbons (Fsp3) is 0.662. The van der Waals surface area contributed by atoms with Crippen molar-refractivity contribution in [3.63, 3.8) is 0 Å². The molecule has 0 saturated heterocycles. The summed E-state index contributed by atoms with van der Waals surface area (Å²) in [7, 11) is -4.40. The fourth-order valence-corrected chi connectivity index (χ4v) is 9.55. The van der Waals surface area contributed by atoms with E-state index < -0.39 is 26.5 Å². The maximum atomic E-state index is 12.7. The number of hydrogen-bond acceptors (Lipinski definition) is 8. The molecule has 0 aromatic rings. The molecule has 0 radical (unpaired) electrons. The highest BCUT2D eigenvalue weighted by Crippen LogP contribution is 2.43. The molecule has 3 N–H and O–H groups in total.